The summed E-state index contributed by atoms with van der Waals surface area (Å²) in [7, 11) is 1.54. The molecule has 0 aliphatic carbocycles. The van der Waals surface area contributed by atoms with Gasteiger partial charge in [0.15, 0.2) is 18.1 Å². The molecule has 0 aromatic heterocycles. The van der Waals surface area contributed by atoms with Crippen LogP contribution in [-0.4, -0.2) is 25.8 Å². The van der Waals surface area contributed by atoms with Crippen molar-refractivity contribution in [3.05, 3.63) is 23.8 Å². The van der Waals surface area contributed by atoms with Crippen molar-refractivity contribution < 1.29 is 19.0 Å². The first-order valence-electron chi connectivity index (χ1n) is 6.19. The zero-order valence-corrected chi connectivity index (χ0v) is 11.8. The maximum Gasteiger partial charge on any atom is 0.344 e. The summed E-state index contributed by atoms with van der Waals surface area (Å²) < 4.78 is 15.6. The van der Waals surface area contributed by atoms with Crippen molar-refractivity contribution in [1.29, 1.82) is 0 Å². The van der Waals surface area contributed by atoms with Crippen LogP contribution in [0.5, 0.6) is 11.5 Å². The van der Waals surface area contributed by atoms with E-state index in [1.165, 1.54) is 0 Å². The van der Waals surface area contributed by atoms with Crippen LogP contribution < -0.4 is 15.2 Å². The van der Waals surface area contributed by atoms with E-state index >= 15 is 0 Å². The Bertz CT molecular complexity index is 429. The molecule has 0 bridgehead atoms. The van der Waals surface area contributed by atoms with Crippen LogP contribution in [0.3, 0.4) is 0 Å². The van der Waals surface area contributed by atoms with Gasteiger partial charge in [-0.15, -0.1) is 0 Å². The van der Waals surface area contributed by atoms with Gasteiger partial charge >= 0.3 is 5.97 Å². The molecule has 0 spiro atoms. The highest BCUT2D eigenvalue weighted by Crippen LogP contribution is 2.29. The Kier molecular flexibility index (Phi) is 5.63. The Labute approximate surface area is 113 Å². The fourth-order valence-corrected chi connectivity index (χ4v) is 1.52. The van der Waals surface area contributed by atoms with E-state index in [0.29, 0.717) is 11.5 Å². The first-order chi connectivity index (χ1) is 8.93. The van der Waals surface area contributed by atoms with E-state index in [4.69, 9.17) is 19.9 Å². The maximum atomic E-state index is 11.4. The molecule has 0 aliphatic heterocycles. The smallest absolute Gasteiger partial charge is 0.344 e. The van der Waals surface area contributed by atoms with E-state index in [0.717, 1.165) is 5.56 Å². The first-order valence-corrected chi connectivity index (χ1v) is 6.19. The van der Waals surface area contributed by atoms with Crippen LogP contribution >= 0.6 is 0 Å². The summed E-state index contributed by atoms with van der Waals surface area (Å²) in [5, 5.41) is 0. The predicted molar refractivity (Wildman–Crippen MR) is 72.3 cm³/mol. The van der Waals surface area contributed by atoms with Crippen molar-refractivity contribution in [2.75, 3.05) is 13.7 Å². The lowest BCUT2D eigenvalue weighted by atomic mass is 10.1. The third-order valence-corrected chi connectivity index (χ3v) is 2.43. The average Bonchev–Trinajstić information content (AvgIpc) is 2.35. The molecule has 5 heteroatoms. The zero-order chi connectivity index (χ0) is 14.4. The van der Waals surface area contributed by atoms with Gasteiger partial charge in [0.25, 0.3) is 0 Å². The minimum Gasteiger partial charge on any atom is -0.493 e. The number of nitrogens with two attached hydrogens (primary N) is 1. The molecule has 106 valence electrons. The van der Waals surface area contributed by atoms with Gasteiger partial charge in [0.05, 0.1) is 13.2 Å². The third kappa shape index (κ3) is 4.79. The molecule has 0 amide bonds. The van der Waals surface area contributed by atoms with Crippen LogP contribution in [0.4, 0.5) is 0 Å². The molecular formula is C14H21NO4. The van der Waals surface area contributed by atoms with Gasteiger partial charge in [-0.05, 0) is 38.5 Å². The highest BCUT2D eigenvalue weighted by Gasteiger charge is 2.11. The van der Waals surface area contributed by atoms with Gasteiger partial charge in [0.2, 0.25) is 0 Å². The van der Waals surface area contributed by atoms with Gasteiger partial charge < -0.3 is 19.9 Å². The topological polar surface area (TPSA) is 70.8 Å². The molecule has 1 unspecified atom stereocenters. The van der Waals surface area contributed by atoms with Crippen LogP contribution in [0.1, 0.15) is 32.4 Å². The summed E-state index contributed by atoms with van der Waals surface area (Å²) in [4.78, 5) is 11.4. The Morgan fingerprint density at radius 2 is 1.95 bits per heavy atom. The van der Waals surface area contributed by atoms with Gasteiger partial charge in [-0.25, -0.2) is 4.79 Å². The Hall–Kier alpha value is -1.75. The fraction of sp³-hybridized carbons (Fsp3) is 0.500. The molecule has 0 saturated heterocycles. The number of carbonyl (C=O) groups is 1. The molecule has 1 aromatic rings. The quantitative estimate of drug-likeness (QED) is 0.799. The molecule has 0 aliphatic rings. The summed E-state index contributed by atoms with van der Waals surface area (Å²) in [5.41, 5.74) is 6.73. The van der Waals surface area contributed by atoms with E-state index in [1.807, 2.05) is 13.0 Å². The predicted octanol–water partition coefficient (Wildman–Crippen LogP) is 2.05. The number of ether oxygens (including phenoxy) is 3. The first kappa shape index (κ1) is 15.3. The average molecular weight is 267 g/mol. The molecule has 0 radical (unpaired) electrons. The number of hydrogen-bond acceptors (Lipinski definition) is 5. The summed E-state index contributed by atoms with van der Waals surface area (Å²) >= 11 is 0. The lowest BCUT2D eigenvalue weighted by Crippen LogP contribution is -2.19. The van der Waals surface area contributed by atoms with Crippen LogP contribution in [0.15, 0.2) is 18.2 Å². The van der Waals surface area contributed by atoms with Crippen molar-refractivity contribution in [2.24, 2.45) is 5.73 Å². The van der Waals surface area contributed by atoms with Crippen molar-refractivity contribution in [3.63, 3.8) is 0 Å². The van der Waals surface area contributed by atoms with E-state index in [-0.39, 0.29) is 18.8 Å². The number of carbonyl (C=O) groups excluding carboxylic acids is 1. The second kappa shape index (κ2) is 6.99. The number of benzene rings is 1. The second-order valence-corrected chi connectivity index (χ2v) is 4.53. The maximum absolute atomic E-state index is 11.4. The molecule has 1 atom stereocenters. The van der Waals surface area contributed by atoms with Crippen LogP contribution in [0.25, 0.3) is 0 Å². The normalized spacial score (nSPS) is 12.1. The summed E-state index contributed by atoms with van der Waals surface area (Å²) in [6, 6.07) is 5.29. The molecular weight excluding hydrogens is 246 g/mol. The van der Waals surface area contributed by atoms with Crippen molar-refractivity contribution >= 4 is 5.97 Å². The Morgan fingerprint density at radius 3 is 2.47 bits per heavy atom. The molecule has 0 fully saturated rings. The largest absolute Gasteiger partial charge is 0.493 e. The number of hydrogen-bond donors (Lipinski definition) is 1. The standard InChI is InChI=1S/C14H21NO4/c1-9(2)19-14(16)8-18-12-6-5-11(10(3)15)7-13(12)17-4/h5-7,9-10H,8,15H2,1-4H3. The summed E-state index contributed by atoms with van der Waals surface area (Å²) in [6.45, 7) is 5.31. The minimum absolute atomic E-state index is 0.0890. The van der Waals surface area contributed by atoms with Crippen LogP contribution in [-0.2, 0) is 9.53 Å². The van der Waals surface area contributed by atoms with E-state index in [2.05, 4.69) is 0 Å². The van der Waals surface area contributed by atoms with Gasteiger partial charge in [0, 0.05) is 6.04 Å². The number of esters is 1. The SMILES string of the molecule is COc1cc(C(C)N)ccc1OCC(=O)OC(C)C. The minimum atomic E-state index is -0.409. The lowest BCUT2D eigenvalue weighted by molar-refractivity contribution is -0.149. The summed E-state index contributed by atoms with van der Waals surface area (Å²) in [6.07, 6.45) is -0.154. The van der Waals surface area contributed by atoms with Crippen LogP contribution in [0.2, 0.25) is 0 Å². The molecule has 0 heterocycles. The van der Waals surface area contributed by atoms with Crippen molar-refractivity contribution in [3.8, 4) is 11.5 Å². The van der Waals surface area contributed by atoms with E-state index < -0.39 is 5.97 Å². The highest BCUT2D eigenvalue weighted by molar-refractivity contribution is 5.71. The van der Waals surface area contributed by atoms with Gasteiger partial charge in [0.1, 0.15) is 0 Å². The van der Waals surface area contributed by atoms with E-state index in [9.17, 15) is 4.79 Å². The lowest BCUT2D eigenvalue weighted by Gasteiger charge is -2.14. The Morgan fingerprint density at radius 1 is 1.26 bits per heavy atom. The fourth-order valence-electron chi connectivity index (χ4n) is 1.52. The third-order valence-electron chi connectivity index (χ3n) is 2.43. The van der Waals surface area contributed by atoms with Gasteiger partial charge in [-0.2, -0.15) is 0 Å². The molecule has 1 aromatic carbocycles. The molecule has 19 heavy (non-hydrogen) atoms. The van der Waals surface area contributed by atoms with Crippen molar-refractivity contribution in [1.82, 2.24) is 0 Å². The highest BCUT2D eigenvalue weighted by atomic mass is 16.6. The Balaban J connectivity index is 2.70. The van der Waals surface area contributed by atoms with Gasteiger partial charge in [-0.3, -0.25) is 0 Å². The summed E-state index contributed by atoms with van der Waals surface area (Å²) in [5.74, 6) is 0.632. The molecule has 2 N–H and O–H groups in total. The monoisotopic (exact) mass is 267 g/mol. The second-order valence-electron chi connectivity index (χ2n) is 4.53. The zero-order valence-electron chi connectivity index (χ0n) is 11.8. The number of methoxy groups -OCH3 is 1. The van der Waals surface area contributed by atoms with E-state index in [1.54, 1.807) is 33.1 Å². The molecule has 1 rings (SSSR count). The molecule has 5 nitrogen and oxygen atoms in total. The van der Waals surface area contributed by atoms with Gasteiger partial charge in [-0.1, -0.05) is 6.07 Å². The molecule has 0 saturated carbocycles. The van der Waals surface area contributed by atoms with Crippen molar-refractivity contribution in [2.45, 2.75) is 32.9 Å². The number of rotatable bonds is 6. The van der Waals surface area contributed by atoms with Crippen LogP contribution in [0, 0.1) is 0 Å².